The van der Waals surface area contributed by atoms with E-state index in [0.717, 1.165) is 22.8 Å². The molecule has 0 unspecified atom stereocenters. The average molecular weight is 310 g/mol. The lowest BCUT2D eigenvalue weighted by Gasteiger charge is -2.03. The number of hydrogen-bond donors (Lipinski definition) is 0. The molecule has 7 nitrogen and oxygen atoms in total. The molecule has 0 saturated heterocycles. The molecule has 0 aliphatic carbocycles. The molecule has 0 radical (unpaired) electrons. The first-order valence-electron chi connectivity index (χ1n) is 6.95. The maximum atomic E-state index is 10.7. The number of aliphatic imine (C=N–C) groups is 1. The van der Waals surface area contributed by atoms with Gasteiger partial charge in [0.15, 0.2) is 0 Å². The smallest absolute Gasteiger partial charge is 0.269 e. The minimum absolute atomic E-state index is 0.0475. The van der Waals surface area contributed by atoms with Crippen molar-refractivity contribution in [3.8, 4) is 5.69 Å². The summed E-state index contributed by atoms with van der Waals surface area (Å²) in [5.74, 6) is 0.659. The normalized spacial score (nSPS) is 11.2. The molecule has 116 valence electrons. The molecule has 3 aromatic rings. The van der Waals surface area contributed by atoms with Gasteiger partial charge in [0.1, 0.15) is 11.4 Å². The van der Waals surface area contributed by atoms with Crippen molar-refractivity contribution in [3.05, 3.63) is 69.9 Å². The van der Waals surface area contributed by atoms with Crippen LogP contribution < -0.4 is 0 Å². The summed E-state index contributed by atoms with van der Waals surface area (Å²) >= 11 is 0. The fraction of sp³-hybridized carbons (Fsp3) is 0.125. The van der Waals surface area contributed by atoms with Crippen LogP contribution in [0.5, 0.6) is 0 Å². The van der Waals surface area contributed by atoms with Gasteiger partial charge in [-0.25, -0.2) is 9.67 Å². The van der Waals surface area contributed by atoms with Gasteiger partial charge in [-0.2, -0.15) is 5.10 Å². The molecular formula is C16H14N4O3. The Morgan fingerprint density at radius 2 is 2.00 bits per heavy atom. The lowest BCUT2D eigenvalue weighted by atomic mass is 10.2. The van der Waals surface area contributed by atoms with Crippen molar-refractivity contribution in [1.82, 2.24) is 9.78 Å². The molecule has 0 aliphatic heterocycles. The standard InChI is InChI=1S/C16H14N4O3/c1-11-16(17-10-15-4-3-9-23-15)12(2)19(18-11)13-5-7-14(8-6-13)20(21)22/h3-10H,1-2H3. The van der Waals surface area contributed by atoms with Gasteiger partial charge in [0.05, 0.1) is 34.5 Å². The van der Waals surface area contributed by atoms with E-state index >= 15 is 0 Å². The van der Waals surface area contributed by atoms with Crippen molar-refractivity contribution in [1.29, 1.82) is 0 Å². The van der Waals surface area contributed by atoms with Crippen LogP contribution in [0.25, 0.3) is 5.69 Å². The highest BCUT2D eigenvalue weighted by Crippen LogP contribution is 2.26. The van der Waals surface area contributed by atoms with Gasteiger partial charge in [-0.3, -0.25) is 10.1 Å². The molecule has 1 aromatic carbocycles. The lowest BCUT2D eigenvalue weighted by Crippen LogP contribution is -1.99. The van der Waals surface area contributed by atoms with Gasteiger partial charge < -0.3 is 4.42 Å². The molecule has 0 bridgehead atoms. The third kappa shape index (κ3) is 2.89. The Hall–Kier alpha value is -3.22. The first kappa shape index (κ1) is 14.7. The van der Waals surface area contributed by atoms with Crippen molar-refractivity contribution in [2.24, 2.45) is 4.99 Å². The summed E-state index contributed by atoms with van der Waals surface area (Å²) in [7, 11) is 0. The van der Waals surface area contributed by atoms with Crippen LogP contribution in [0.3, 0.4) is 0 Å². The highest BCUT2D eigenvalue weighted by Gasteiger charge is 2.13. The summed E-state index contributed by atoms with van der Waals surface area (Å²) in [6, 6.07) is 9.85. The van der Waals surface area contributed by atoms with E-state index in [1.54, 1.807) is 35.4 Å². The number of furan rings is 1. The first-order chi connectivity index (χ1) is 11.1. The van der Waals surface area contributed by atoms with Crippen molar-refractivity contribution >= 4 is 17.6 Å². The Bertz CT molecular complexity index is 862. The molecular weight excluding hydrogens is 296 g/mol. The second kappa shape index (κ2) is 5.88. The second-order valence-electron chi connectivity index (χ2n) is 4.98. The monoisotopic (exact) mass is 310 g/mol. The van der Waals surface area contributed by atoms with Crippen molar-refractivity contribution in [2.45, 2.75) is 13.8 Å². The molecule has 0 amide bonds. The van der Waals surface area contributed by atoms with Gasteiger partial charge in [0.2, 0.25) is 0 Å². The summed E-state index contributed by atoms with van der Waals surface area (Å²) in [4.78, 5) is 14.7. The van der Waals surface area contributed by atoms with Crippen LogP contribution >= 0.6 is 0 Å². The lowest BCUT2D eigenvalue weighted by molar-refractivity contribution is -0.384. The molecule has 0 aliphatic rings. The highest BCUT2D eigenvalue weighted by molar-refractivity contribution is 5.79. The Labute approximate surface area is 132 Å². The molecule has 3 rings (SSSR count). The van der Waals surface area contributed by atoms with Gasteiger partial charge >= 0.3 is 0 Å². The van der Waals surface area contributed by atoms with Gasteiger partial charge in [0.25, 0.3) is 5.69 Å². The van der Waals surface area contributed by atoms with Gasteiger partial charge in [-0.15, -0.1) is 0 Å². The third-order valence-corrected chi connectivity index (χ3v) is 3.42. The van der Waals surface area contributed by atoms with E-state index in [1.165, 1.54) is 12.1 Å². The van der Waals surface area contributed by atoms with Crippen LogP contribution in [-0.2, 0) is 0 Å². The number of aryl methyl sites for hydroxylation is 1. The maximum absolute atomic E-state index is 10.7. The third-order valence-electron chi connectivity index (χ3n) is 3.42. The Balaban J connectivity index is 1.95. The minimum atomic E-state index is -0.427. The van der Waals surface area contributed by atoms with E-state index in [0.29, 0.717) is 5.76 Å². The Morgan fingerprint density at radius 1 is 1.26 bits per heavy atom. The number of nitro benzene ring substituents is 1. The average Bonchev–Trinajstić information content (AvgIpc) is 3.14. The van der Waals surface area contributed by atoms with E-state index in [-0.39, 0.29) is 5.69 Å². The highest BCUT2D eigenvalue weighted by atomic mass is 16.6. The number of benzene rings is 1. The summed E-state index contributed by atoms with van der Waals surface area (Å²) in [5, 5.41) is 15.2. The second-order valence-corrected chi connectivity index (χ2v) is 4.98. The van der Waals surface area contributed by atoms with E-state index in [1.807, 2.05) is 19.9 Å². The van der Waals surface area contributed by atoms with Crippen LogP contribution in [0.4, 0.5) is 11.4 Å². The van der Waals surface area contributed by atoms with Crippen LogP contribution in [-0.4, -0.2) is 20.9 Å². The predicted molar refractivity (Wildman–Crippen MR) is 85.7 cm³/mol. The summed E-state index contributed by atoms with van der Waals surface area (Å²) < 4.78 is 6.94. The molecule has 0 saturated carbocycles. The van der Waals surface area contributed by atoms with Gasteiger partial charge in [0, 0.05) is 12.1 Å². The zero-order valence-electron chi connectivity index (χ0n) is 12.6. The molecule has 2 heterocycles. The van der Waals surface area contributed by atoms with Crippen LogP contribution in [0.1, 0.15) is 17.1 Å². The van der Waals surface area contributed by atoms with E-state index in [9.17, 15) is 10.1 Å². The largest absolute Gasteiger partial charge is 0.463 e. The number of nitrogens with zero attached hydrogens (tertiary/aromatic N) is 4. The summed E-state index contributed by atoms with van der Waals surface area (Å²) in [5.41, 5.74) is 3.16. The number of nitro groups is 1. The van der Waals surface area contributed by atoms with Crippen molar-refractivity contribution in [2.75, 3.05) is 0 Å². The zero-order valence-corrected chi connectivity index (χ0v) is 12.6. The topological polar surface area (TPSA) is 86.5 Å². The number of aromatic nitrogens is 2. The molecule has 0 atom stereocenters. The van der Waals surface area contributed by atoms with Crippen LogP contribution in [0, 0.1) is 24.0 Å². The van der Waals surface area contributed by atoms with Gasteiger partial charge in [-0.1, -0.05) is 0 Å². The quantitative estimate of drug-likeness (QED) is 0.417. The van der Waals surface area contributed by atoms with Crippen molar-refractivity contribution < 1.29 is 9.34 Å². The predicted octanol–water partition coefficient (Wildman–Crippen LogP) is 3.74. The molecule has 7 heteroatoms. The zero-order chi connectivity index (χ0) is 16.4. The molecule has 0 N–H and O–H groups in total. The van der Waals surface area contributed by atoms with Crippen LogP contribution in [0.2, 0.25) is 0 Å². The first-order valence-corrected chi connectivity index (χ1v) is 6.95. The van der Waals surface area contributed by atoms with E-state index in [4.69, 9.17) is 4.42 Å². The Kier molecular flexibility index (Phi) is 3.76. The summed E-state index contributed by atoms with van der Waals surface area (Å²) in [6.45, 7) is 3.76. The maximum Gasteiger partial charge on any atom is 0.269 e. The number of non-ortho nitro benzene ring substituents is 1. The van der Waals surface area contributed by atoms with E-state index in [2.05, 4.69) is 10.1 Å². The van der Waals surface area contributed by atoms with Gasteiger partial charge in [-0.05, 0) is 38.1 Å². The minimum Gasteiger partial charge on any atom is -0.463 e. The van der Waals surface area contributed by atoms with Crippen LogP contribution in [0.15, 0.2) is 52.1 Å². The molecule has 0 spiro atoms. The molecule has 23 heavy (non-hydrogen) atoms. The summed E-state index contributed by atoms with van der Waals surface area (Å²) in [6.07, 6.45) is 3.22. The van der Waals surface area contributed by atoms with Crippen molar-refractivity contribution in [3.63, 3.8) is 0 Å². The number of hydrogen-bond acceptors (Lipinski definition) is 5. The fourth-order valence-corrected chi connectivity index (χ4v) is 2.28. The number of rotatable bonds is 4. The van der Waals surface area contributed by atoms with E-state index < -0.39 is 4.92 Å². The Morgan fingerprint density at radius 3 is 2.61 bits per heavy atom. The molecule has 2 aromatic heterocycles. The SMILES string of the molecule is Cc1nn(-c2ccc([N+](=O)[O-])cc2)c(C)c1N=Cc1ccco1. The fourth-order valence-electron chi connectivity index (χ4n) is 2.28. The molecule has 0 fully saturated rings.